The van der Waals surface area contributed by atoms with Gasteiger partial charge < -0.3 is 10.1 Å². The number of sulfonamides is 1. The molecule has 0 spiro atoms. The van der Waals surface area contributed by atoms with E-state index in [0.717, 1.165) is 11.3 Å². The summed E-state index contributed by atoms with van der Waals surface area (Å²) in [6, 6.07) is 11.3. The fourth-order valence-electron chi connectivity index (χ4n) is 3.95. The molecule has 2 aromatic rings. The van der Waals surface area contributed by atoms with Gasteiger partial charge >= 0.3 is 0 Å². The largest absolute Gasteiger partial charge is 0.497 e. The Morgan fingerprint density at radius 2 is 1.78 bits per heavy atom. The van der Waals surface area contributed by atoms with Crippen molar-refractivity contribution in [1.82, 2.24) is 9.62 Å². The van der Waals surface area contributed by atoms with Gasteiger partial charge in [0.1, 0.15) is 11.8 Å². The summed E-state index contributed by atoms with van der Waals surface area (Å²) >= 11 is 0. The monoisotopic (exact) mass is 459 g/mol. The number of carbonyl (C=O) groups is 2. The van der Waals surface area contributed by atoms with Crippen molar-refractivity contribution in [2.75, 3.05) is 25.1 Å². The van der Waals surface area contributed by atoms with Gasteiger partial charge in [0.25, 0.3) is 0 Å². The van der Waals surface area contributed by atoms with Crippen LogP contribution in [0.15, 0.2) is 47.4 Å². The third kappa shape index (κ3) is 4.63. The summed E-state index contributed by atoms with van der Waals surface area (Å²) < 4.78 is 32.3. The van der Waals surface area contributed by atoms with Crippen LogP contribution in [0.1, 0.15) is 31.9 Å². The highest BCUT2D eigenvalue weighted by Crippen LogP contribution is 2.35. The Kier molecular flexibility index (Phi) is 7.20. The van der Waals surface area contributed by atoms with Gasteiger partial charge in [-0.15, -0.1) is 0 Å². The van der Waals surface area contributed by atoms with Crippen molar-refractivity contribution >= 4 is 27.5 Å². The first-order valence-electron chi connectivity index (χ1n) is 10.6. The maximum absolute atomic E-state index is 13.0. The molecule has 2 amide bonds. The van der Waals surface area contributed by atoms with E-state index in [0.29, 0.717) is 30.9 Å². The average molecular weight is 460 g/mol. The summed E-state index contributed by atoms with van der Waals surface area (Å²) in [7, 11) is -2.04. The maximum Gasteiger partial charge on any atom is 0.243 e. The second-order valence-corrected chi connectivity index (χ2v) is 9.49. The van der Waals surface area contributed by atoms with E-state index in [1.165, 1.54) is 22.2 Å². The molecule has 172 valence electrons. The molecule has 8 nitrogen and oxygen atoms in total. The van der Waals surface area contributed by atoms with Crippen LogP contribution in [0.25, 0.3) is 0 Å². The van der Waals surface area contributed by atoms with Gasteiger partial charge in [-0.05, 0) is 41.5 Å². The minimum Gasteiger partial charge on any atom is -0.497 e. The third-order valence-electron chi connectivity index (χ3n) is 5.65. The molecule has 1 atom stereocenters. The molecule has 0 aromatic heterocycles. The number of hydrogen-bond acceptors (Lipinski definition) is 5. The van der Waals surface area contributed by atoms with Crippen molar-refractivity contribution in [1.29, 1.82) is 0 Å². The molecule has 0 saturated heterocycles. The van der Waals surface area contributed by atoms with E-state index in [1.807, 2.05) is 24.3 Å². The first-order valence-corrected chi connectivity index (χ1v) is 12.0. The van der Waals surface area contributed by atoms with Crippen molar-refractivity contribution in [3.05, 3.63) is 53.6 Å². The van der Waals surface area contributed by atoms with Crippen molar-refractivity contribution in [2.24, 2.45) is 0 Å². The first-order chi connectivity index (χ1) is 15.2. The van der Waals surface area contributed by atoms with Crippen LogP contribution in [-0.2, 0) is 32.6 Å². The number of nitrogens with zero attached hydrogens (tertiary/aromatic N) is 2. The molecule has 0 radical (unpaired) electrons. The molecule has 0 bridgehead atoms. The lowest BCUT2D eigenvalue weighted by molar-refractivity contribution is -0.125. The van der Waals surface area contributed by atoms with Crippen molar-refractivity contribution in [2.45, 2.75) is 44.7 Å². The van der Waals surface area contributed by atoms with Crippen LogP contribution in [0.2, 0.25) is 0 Å². The topological polar surface area (TPSA) is 96.0 Å². The first kappa shape index (κ1) is 23.7. The quantitative estimate of drug-likeness (QED) is 0.654. The predicted molar refractivity (Wildman–Crippen MR) is 122 cm³/mol. The highest BCUT2D eigenvalue weighted by atomic mass is 32.2. The second kappa shape index (κ2) is 9.70. The molecule has 1 aliphatic heterocycles. The van der Waals surface area contributed by atoms with Gasteiger partial charge in [-0.2, -0.15) is 4.31 Å². The number of hydrogen-bond donors (Lipinski definition) is 1. The third-order valence-corrected chi connectivity index (χ3v) is 7.69. The summed E-state index contributed by atoms with van der Waals surface area (Å²) in [6.07, 6.45) is 0.255. The van der Waals surface area contributed by atoms with E-state index in [2.05, 4.69) is 5.32 Å². The number of anilines is 1. The van der Waals surface area contributed by atoms with E-state index < -0.39 is 16.1 Å². The predicted octanol–water partition coefficient (Wildman–Crippen LogP) is 2.32. The Morgan fingerprint density at radius 3 is 2.34 bits per heavy atom. The van der Waals surface area contributed by atoms with Gasteiger partial charge in [-0.25, -0.2) is 8.42 Å². The molecule has 9 heteroatoms. The number of rotatable bonds is 8. The number of nitrogens with one attached hydrogen (secondary N) is 1. The van der Waals surface area contributed by atoms with E-state index >= 15 is 0 Å². The lowest BCUT2D eigenvalue weighted by atomic mass is 10.1. The Balaban J connectivity index is 1.81. The smallest absolute Gasteiger partial charge is 0.243 e. The van der Waals surface area contributed by atoms with E-state index in [9.17, 15) is 18.0 Å². The number of benzene rings is 2. The summed E-state index contributed by atoms with van der Waals surface area (Å²) in [4.78, 5) is 26.9. The molecule has 1 N–H and O–H groups in total. The molecule has 0 unspecified atom stereocenters. The Hall–Kier alpha value is -2.91. The lowest BCUT2D eigenvalue weighted by Gasteiger charge is -2.23. The van der Waals surface area contributed by atoms with Crippen molar-refractivity contribution in [3.8, 4) is 5.75 Å². The zero-order valence-corrected chi connectivity index (χ0v) is 19.6. The Bertz CT molecular complexity index is 1100. The minimum atomic E-state index is -3.63. The van der Waals surface area contributed by atoms with Gasteiger partial charge in [0, 0.05) is 38.7 Å². The van der Waals surface area contributed by atoms with Crippen LogP contribution in [-0.4, -0.2) is 50.8 Å². The van der Waals surface area contributed by atoms with Gasteiger partial charge in [0.05, 0.1) is 12.0 Å². The van der Waals surface area contributed by atoms with E-state index in [4.69, 9.17) is 4.74 Å². The SMILES string of the molecule is CCN(CC)S(=O)(=O)c1ccc2c(c1)C[C@@H](C(=O)NCc1ccc(OC)cc1)N2C(C)=O. The molecule has 3 rings (SSSR count). The fourth-order valence-corrected chi connectivity index (χ4v) is 5.46. The second-order valence-electron chi connectivity index (χ2n) is 7.55. The number of ether oxygens (including phenoxy) is 1. The summed E-state index contributed by atoms with van der Waals surface area (Å²) in [6.45, 7) is 6.02. The lowest BCUT2D eigenvalue weighted by Crippen LogP contribution is -2.47. The maximum atomic E-state index is 13.0. The molecular formula is C23H29N3O5S. The molecule has 1 heterocycles. The standard InChI is InChI=1S/C23H29N3O5S/c1-5-25(6-2)32(29,30)20-11-12-21-18(13-20)14-22(26(21)16(3)27)23(28)24-15-17-7-9-19(31-4)10-8-17/h7-13,22H,5-6,14-15H2,1-4H3,(H,24,28)/t22-/m0/s1. The minimum absolute atomic E-state index is 0.169. The van der Waals surface area contributed by atoms with Gasteiger partial charge in [0.15, 0.2) is 0 Å². The Labute approximate surface area is 189 Å². The molecule has 32 heavy (non-hydrogen) atoms. The van der Waals surface area contributed by atoms with Crippen molar-refractivity contribution < 1.29 is 22.7 Å². The molecule has 0 saturated carbocycles. The Morgan fingerprint density at radius 1 is 1.12 bits per heavy atom. The van der Waals surface area contributed by atoms with Crippen molar-refractivity contribution in [3.63, 3.8) is 0 Å². The average Bonchev–Trinajstić information content (AvgIpc) is 3.17. The number of amides is 2. The van der Waals surface area contributed by atoms with Crippen LogP contribution >= 0.6 is 0 Å². The normalized spacial score (nSPS) is 15.5. The fraction of sp³-hybridized carbons (Fsp3) is 0.391. The highest BCUT2D eigenvalue weighted by molar-refractivity contribution is 7.89. The van der Waals surface area contributed by atoms with Crippen LogP contribution < -0.4 is 15.0 Å². The zero-order chi connectivity index (χ0) is 23.5. The summed E-state index contributed by atoms with van der Waals surface area (Å²) in [5.41, 5.74) is 2.13. The van der Waals surface area contributed by atoms with E-state index in [-0.39, 0.29) is 23.1 Å². The van der Waals surface area contributed by atoms with Gasteiger partial charge in [-0.1, -0.05) is 26.0 Å². The number of methoxy groups -OCH3 is 1. The van der Waals surface area contributed by atoms with Crippen LogP contribution in [0.5, 0.6) is 5.75 Å². The van der Waals surface area contributed by atoms with E-state index in [1.54, 1.807) is 33.1 Å². The van der Waals surface area contributed by atoms with Gasteiger partial charge in [-0.3, -0.25) is 14.5 Å². The highest BCUT2D eigenvalue weighted by Gasteiger charge is 2.37. The summed E-state index contributed by atoms with van der Waals surface area (Å²) in [5, 5.41) is 2.88. The zero-order valence-electron chi connectivity index (χ0n) is 18.8. The number of fused-ring (bicyclic) bond motifs is 1. The number of carbonyl (C=O) groups excluding carboxylic acids is 2. The molecule has 0 fully saturated rings. The molecule has 0 aliphatic carbocycles. The molecule has 1 aliphatic rings. The van der Waals surface area contributed by atoms with Gasteiger partial charge in [0.2, 0.25) is 21.8 Å². The molecular weight excluding hydrogens is 430 g/mol. The van der Waals surface area contributed by atoms with Crippen LogP contribution in [0.3, 0.4) is 0 Å². The summed E-state index contributed by atoms with van der Waals surface area (Å²) in [5.74, 6) is 0.164. The van der Waals surface area contributed by atoms with Crippen LogP contribution in [0, 0.1) is 0 Å². The molecule has 2 aromatic carbocycles. The van der Waals surface area contributed by atoms with Crippen LogP contribution in [0.4, 0.5) is 5.69 Å².